The summed E-state index contributed by atoms with van der Waals surface area (Å²) in [5.74, 6) is -0.0702. The summed E-state index contributed by atoms with van der Waals surface area (Å²) in [4.78, 5) is 0.320. The van der Waals surface area contributed by atoms with Crippen molar-refractivity contribution in [2.75, 3.05) is 0 Å². The van der Waals surface area contributed by atoms with Crippen molar-refractivity contribution in [3.05, 3.63) is 61.5 Å². The van der Waals surface area contributed by atoms with Crippen LogP contribution in [0.25, 0.3) is 0 Å². The SMILES string of the molecule is Oc1cc(Cl)cc(Cl)c1C(=S)NCc1ccc(Cl)c(Cl)c1. The van der Waals surface area contributed by atoms with Crippen molar-refractivity contribution in [2.45, 2.75) is 6.54 Å². The molecule has 2 rings (SSSR count). The summed E-state index contributed by atoms with van der Waals surface area (Å²) in [7, 11) is 0. The van der Waals surface area contributed by atoms with Gasteiger partial charge in [-0.05, 0) is 29.8 Å². The Morgan fingerprint density at radius 2 is 1.71 bits per heavy atom. The molecule has 0 bridgehead atoms. The highest BCUT2D eigenvalue weighted by Gasteiger charge is 2.13. The van der Waals surface area contributed by atoms with Gasteiger partial charge in [-0.1, -0.05) is 64.7 Å². The summed E-state index contributed by atoms with van der Waals surface area (Å²) < 4.78 is 0. The second-order valence-corrected chi connectivity index (χ2v) is 6.28. The lowest BCUT2D eigenvalue weighted by Crippen LogP contribution is -2.22. The molecule has 0 fully saturated rings. The van der Waals surface area contributed by atoms with Gasteiger partial charge in [0.1, 0.15) is 10.7 Å². The number of thiocarbonyl (C=S) groups is 1. The molecule has 0 aliphatic heterocycles. The molecule has 0 aliphatic rings. The number of halogens is 4. The Hall–Kier alpha value is -0.710. The minimum atomic E-state index is -0.0702. The van der Waals surface area contributed by atoms with E-state index in [9.17, 15) is 5.11 Å². The van der Waals surface area contributed by atoms with Crippen molar-refractivity contribution in [3.8, 4) is 5.75 Å². The molecule has 2 aromatic carbocycles. The molecule has 21 heavy (non-hydrogen) atoms. The molecule has 7 heteroatoms. The van der Waals surface area contributed by atoms with E-state index >= 15 is 0 Å². The Morgan fingerprint density at radius 3 is 2.33 bits per heavy atom. The molecular formula is C14H9Cl4NOS. The third kappa shape index (κ3) is 4.15. The molecule has 2 aromatic rings. The second-order valence-electron chi connectivity index (χ2n) is 4.21. The zero-order valence-corrected chi connectivity index (χ0v) is 14.3. The third-order valence-corrected chi connectivity index (χ3v) is 4.30. The Bertz CT molecular complexity index is 682. The minimum Gasteiger partial charge on any atom is -0.507 e. The number of nitrogens with one attached hydrogen (secondary N) is 1. The van der Waals surface area contributed by atoms with Gasteiger partial charge < -0.3 is 10.4 Å². The van der Waals surface area contributed by atoms with Crippen LogP contribution in [0.15, 0.2) is 30.3 Å². The van der Waals surface area contributed by atoms with E-state index < -0.39 is 0 Å². The van der Waals surface area contributed by atoms with E-state index in [0.717, 1.165) is 5.56 Å². The third-order valence-electron chi connectivity index (χ3n) is 2.70. The van der Waals surface area contributed by atoms with Crippen LogP contribution in [0.1, 0.15) is 11.1 Å². The van der Waals surface area contributed by atoms with E-state index in [-0.39, 0.29) is 10.8 Å². The van der Waals surface area contributed by atoms with Crippen LogP contribution in [0.2, 0.25) is 20.1 Å². The van der Waals surface area contributed by atoms with Gasteiger partial charge in [0.15, 0.2) is 0 Å². The fraction of sp³-hybridized carbons (Fsp3) is 0.0714. The Balaban J connectivity index is 2.13. The average Bonchev–Trinajstić information content (AvgIpc) is 2.39. The summed E-state index contributed by atoms with van der Waals surface area (Å²) in [5.41, 5.74) is 1.24. The summed E-state index contributed by atoms with van der Waals surface area (Å²) in [6.45, 7) is 0.425. The van der Waals surface area contributed by atoms with Crippen LogP contribution < -0.4 is 5.32 Å². The number of benzene rings is 2. The van der Waals surface area contributed by atoms with Gasteiger partial charge in [0, 0.05) is 11.6 Å². The highest BCUT2D eigenvalue weighted by Crippen LogP contribution is 2.30. The van der Waals surface area contributed by atoms with Gasteiger partial charge in [0.25, 0.3) is 0 Å². The van der Waals surface area contributed by atoms with Gasteiger partial charge in [0.05, 0.1) is 20.6 Å². The zero-order valence-electron chi connectivity index (χ0n) is 10.5. The maximum absolute atomic E-state index is 9.89. The summed E-state index contributed by atoms with van der Waals surface area (Å²) >= 11 is 28.9. The highest BCUT2D eigenvalue weighted by atomic mass is 35.5. The van der Waals surface area contributed by atoms with Gasteiger partial charge in [-0.15, -0.1) is 0 Å². The summed E-state index contributed by atoms with van der Waals surface area (Å²) in [6.07, 6.45) is 0. The number of rotatable bonds is 3. The molecule has 0 heterocycles. The van der Waals surface area contributed by atoms with Gasteiger partial charge in [-0.2, -0.15) is 0 Å². The van der Waals surface area contributed by atoms with E-state index in [4.69, 9.17) is 58.6 Å². The zero-order chi connectivity index (χ0) is 15.6. The lowest BCUT2D eigenvalue weighted by Gasteiger charge is -2.12. The minimum absolute atomic E-state index is 0.0702. The molecule has 0 amide bonds. The lowest BCUT2D eigenvalue weighted by atomic mass is 10.2. The summed E-state index contributed by atoms with van der Waals surface area (Å²) in [6, 6.07) is 8.17. The molecule has 0 spiro atoms. The number of phenolic OH excluding ortho intramolecular Hbond substituents is 1. The smallest absolute Gasteiger partial charge is 0.128 e. The topological polar surface area (TPSA) is 32.3 Å². The molecule has 110 valence electrons. The molecule has 0 aromatic heterocycles. The molecule has 0 unspecified atom stereocenters. The van der Waals surface area contributed by atoms with Gasteiger partial charge in [0.2, 0.25) is 0 Å². The van der Waals surface area contributed by atoms with Crippen molar-refractivity contribution in [1.29, 1.82) is 0 Å². The maximum Gasteiger partial charge on any atom is 0.128 e. The quantitative estimate of drug-likeness (QED) is 0.692. The first-order valence-electron chi connectivity index (χ1n) is 5.78. The van der Waals surface area contributed by atoms with Crippen LogP contribution in [-0.4, -0.2) is 10.1 Å². The Kier molecular flexibility index (Phi) is 5.58. The molecule has 0 aliphatic carbocycles. The molecule has 0 radical (unpaired) electrons. The van der Waals surface area contributed by atoms with Crippen molar-refractivity contribution < 1.29 is 5.11 Å². The number of aromatic hydroxyl groups is 1. The van der Waals surface area contributed by atoms with Crippen molar-refractivity contribution in [1.82, 2.24) is 5.32 Å². The number of hydrogen-bond acceptors (Lipinski definition) is 2. The van der Waals surface area contributed by atoms with Crippen LogP contribution in [0, 0.1) is 0 Å². The van der Waals surface area contributed by atoms with Gasteiger partial charge in [-0.25, -0.2) is 0 Å². The van der Waals surface area contributed by atoms with Crippen molar-refractivity contribution in [2.24, 2.45) is 0 Å². The van der Waals surface area contributed by atoms with Crippen LogP contribution in [0.3, 0.4) is 0 Å². The molecule has 0 atom stereocenters. The van der Waals surface area contributed by atoms with Crippen LogP contribution in [-0.2, 0) is 6.54 Å². The van der Waals surface area contributed by atoms with E-state index in [1.54, 1.807) is 12.1 Å². The van der Waals surface area contributed by atoms with Crippen molar-refractivity contribution >= 4 is 63.6 Å². The Morgan fingerprint density at radius 1 is 1.00 bits per heavy atom. The van der Waals surface area contributed by atoms with E-state index in [1.165, 1.54) is 12.1 Å². The fourth-order valence-corrected chi connectivity index (χ4v) is 2.95. The molecule has 2 nitrogen and oxygen atoms in total. The molecule has 2 N–H and O–H groups in total. The predicted molar refractivity (Wildman–Crippen MR) is 93.1 cm³/mol. The molecule has 0 saturated carbocycles. The summed E-state index contributed by atoms with van der Waals surface area (Å²) in [5, 5.41) is 14.5. The van der Waals surface area contributed by atoms with E-state index in [0.29, 0.717) is 32.2 Å². The first-order valence-corrected chi connectivity index (χ1v) is 7.70. The Labute approximate surface area is 147 Å². The largest absolute Gasteiger partial charge is 0.507 e. The van der Waals surface area contributed by atoms with E-state index in [1.807, 2.05) is 6.07 Å². The normalized spacial score (nSPS) is 10.5. The number of hydrogen-bond donors (Lipinski definition) is 2. The van der Waals surface area contributed by atoms with Gasteiger partial charge >= 0.3 is 0 Å². The highest BCUT2D eigenvalue weighted by molar-refractivity contribution is 7.80. The van der Waals surface area contributed by atoms with E-state index in [2.05, 4.69) is 5.32 Å². The van der Waals surface area contributed by atoms with Crippen LogP contribution in [0.4, 0.5) is 0 Å². The number of phenols is 1. The first kappa shape index (κ1) is 16.7. The van der Waals surface area contributed by atoms with Crippen LogP contribution >= 0.6 is 58.6 Å². The fourth-order valence-electron chi connectivity index (χ4n) is 1.71. The first-order chi connectivity index (χ1) is 9.88. The molecular weight excluding hydrogens is 372 g/mol. The standard InChI is InChI=1S/C14H9Cl4NOS/c15-8-4-11(18)13(12(20)5-8)14(21)19-6-7-1-2-9(16)10(17)3-7/h1-5,20H,6H2,(H,19,21). The van der Waals surface area contributed by atoms with Crippen LogP contribution in [0.5, 0.6) is 5.75 Å². The van der Waals surface area contributed by atoms with Crippen molar-refractivity contribution in [3.63, 3.8) is 0 Å². The predicted octanol–water partition coefficient (Wildman–Crippen LogP) is 5.47. The monoisotopic (exact) mass is 379 g/mol. The van der Waals surface area contributed by atoms with Gasteiger partial charge in [-0.3, -0.25) is 0 Å². The molecule has 0 saturated heterocycles. The second kappa shape index (κ2) is 7.03. The average molecular weight is 381 g/mol. The maximum atomic E-state index is 9.89. The lowest BCUT2D eigenvalue weighted by molar-refractivity contribution is 0.474.